The summed E-state index contributed by atoms with van der Waals surface area (Å²) in [5.74, 6) is 1.56. The molecule has 9 heteroatoms. The normalized spacial score (nSPS) is 20.7. The van der Waals surface area contributed by atoms with Crippen molar-refractivity contribution in [1.82, 2.24) is 20.4 Å². The molecular formula is C24H41IN6O2. The van der Waals surface area contributed by atoms with Crippen LogP contribution in [0.3, 0.4) is 0 Å². The van der Waals surface area contributed by atoms with Crippen molar-refractivity contribution in [2.45, 2.75) is 38.1 Å². The van der Waals surface area contributed by atoms with Gasteiger partial charge in [0.2, 0.25) is 5.91 Å². The van der Waals surface area contributed by atoms with E-state index in [1.807, 2.05) is 19.2 Å². The van der Waals surface area contributed by atoms with Gasteiger partial charge in [0.15, 0.2) is 5.96 Å². The summed E-state index contributed by atoms with van der Waals surface area (Å²) in [7, 11) is 3.52. The fourth-order valence-electron chi connectivity index (χ4n) is 4.75. The van der Waals surface area contributed by atoms with E-state index in [-0.39, 0.29) is 35.8 Å². The number of methoxy groups -OCH3 is 1. The van der Waals surface area contributed by atoms with E-state index < -0.39 is 0 Å². The maximum absolute atomic E-state index is 11.5. The number of aliphatic imine (C=N–C) groups is 1. The molecular weight excluding hydrogens is 531 g/mol. The number of hydrogen-bond donors (Lipinski definition) is 3. The molecule has 0 bridgehead atoms. The fourth-order valence-corrected chi connectivity index (χ4v) is 4.75. The minimum Gasteiger partial charge on any atom is -0.497 e. The van der Waals surface area contributed by atoms with Gasteiger partial charge >= 0.3 is 0 Å². The minimum atomic E-state index is -0.165. The number of nitrogens with one attached hydrogen (secondary N) is 2. The first kappa shape index (κ1) is 27.7. The lowest BCUT2D eigenvalue weighted by molar-refractivity contribution is -0.123. The second-order valence-corrected chi connectivity index (χ2v) is 8.81. The van der Waals surface area contributed by atoms with E-state index in [0.29, 0.717) is 6.04 Å². The molecule has 4 N–H and O–H groups in total. The summed E-state index contributed by atoms with van der Waals surface area (Å²) in [5, 5.41) is 6.97. The Balaban J connectivity index is 0.00000385. The Morgan fingerprint density at radius 3 is 2.55 bits per heavy atom. The van der Waals surface area contributed by atoms with Crippen molar-refractivity contribution in [2.24, 2.45) is 16.6 Å². The topological polar surface area (TPSA) is 95.2 Å². The highest BCUT2D eigenvalue weighted by molar-refractivity contribution is 14.0. The molecule has 2 unspecified atom stereocenters. The van der Waals surface area contributed by atoms with Crippen LogP contribution in [0, 0.1) is 5.92 Å². The van der Waals surface area contributed by atoms with Gasteiger partial charge in [0.05, 0.1) is 19.1 Å². The molecule has 2 saturated heterocycles. The zero-order valence-electron chi connectivity index (χ0n) is 20.1. The average Bonchev–Trinajstić information content (AvgIpc) is 3.35. The van der Waals surface area contributed by atoms with Gasteiger partial charge in [0.1, 0.15) is 5.75 Å². The van der Waals surface area contributed by atoms with Crippen molar-refractivity contribution in [1.29, 1.82) is 0 Å². The summed E-state index contributed by atoms with van der Waals surface area (Å²) in [6.07, 6.45) is 5.49. The molecule has 0 aliphatic carbocycles. The first-order chi connectivity index (χ1) is 15.6. The quantitative estimate of drug-likeness (QED) is 0.172. The van der Waals surface area contributed by atoms with E-state index in [4.69, 9.17) is 10.5 Å². The second kappa shape index (κ2) is 14.6. The molecule has 186 valence electrons. The zero-order valence-corrected chi connectivity index (χ0v) is 22.4. The lowest BCUT2D eigenvalue weighted by Gasteiger charge is -2.31. The molecule has 0 aromatic heterocycles. The third-order valence-corrected chi connectivity index (χ3v) is 6.62. The summed E-state index contributed by atoms with van der Waals surface area (Å²) in [6.45, 7) is 6.72. The number of benzene rings is 1. The molecule has 2 aliphatic heterocycles. The Hall–Kier alpha value is -1.59. The van der Waals surface area contributed by atoms with Crippen LogP contribution in [0.2, 0.25) is 0 Å². The first-order valence-corrected chi connectivity index (χ1v) is 11.9. The first-order valence-electron chi connectivity index (χ1n) is 11.9. The number of primary amides is 1. The van der Waals surface area contributed by atoms with Crippen LogP contribution in [0.25, 0.3) is 0 Å². The van der Waals surface area contributed by atoms with Crippen molar-refractivity contribution < 1.29 is 9.53 Å². The van der Waals surface area contributed by atoms with Crippen LogP contribution in [-0.2, 0) is 4.79 Å². The fraction of sp³-hybridized carbons (Fsp3) is 0.667. The van der Waals surface area contributed by atoms with Gasteiger partial charge in [-0.1, -0.05) is 12.1 Å². The van der Waals surface area contributed by atoms with E-state index >= 15 is 0 Å². The monoisotopic (exact) mass is 572 g/mol. The van der Waals surface area contributed by atoms with Gasteiger partial charge in [-0.15, -0.1) is 24.0 Å². The predicted molar refractivity (Wildman–Crippen MR) is 144 cm³/mol. The Labute approximate surface area is 215 Å². The number of carbonyl (C=O) groups excluding carboxylic acids is 1. The van der Waals surface area contributed by atoms with Crippen LogP contribution in [0.5, 0.6) is 5.75 Å². The summed E-state index contributed by atoms with van der Waals surface area (Å²) < 4.78 is 5.32. The number of piperidine rings is 1. The molecule has 2 aliphatic rings. The maximum atomic E-state index is 11.5. The maximum Gasteiger partial charge on any atom is 0.221 e. The molecule has 2 atom stereocenters. The highest BCUT2D eigenvalue weighted by atomic mass is 127. The van der Waals surface area contributed by atoms with Crippen LogP contribution in [0.15, 0.2) is 29.3 Å². The van der Waals surface area contributed by atoms with Crippen LogP contribution in [-0.4, -0.2) is 81.6 Å². The average molecular weight is 573 g/mol. The number of rotatable bonds is 10. The zero-order chi connectivity index (χ0) is 22.8. The summed E-state index contributed by atoms with van der Waals surface area (Å²) in [5.41, 5.74) is 6.79. The van der Waals surface area contributed by atoms with E-state index in [9.17, 15) is 4.79 Å². The molecule has 2 fully saturated rings. The van der Waals surface area contributed by atoms with Gasteiger partial charge in [0, 0.05) is 26.7 Å². The Morgan fingerprint density at radius 2 is 1.91 bits per heavy atom. The molecule has 0 spiro atoms. The number of nitrogens with zero attached hydrogens (tertiary/aromatic N) is 3. The highest BCUT2D eigenvalue weighted by Gasteiger charge is 2.24. The number of carbonyl (C=O) groups is 1. The van der Waals surface area contributed by atoms with Crippen LogP contribution >= 0.6 is 24.0 Å². The largest absolute Gasteiger partial charge is 0.497 e. The Bertz CT molecular complexity index is 739. The lowest BCUT2D eigenvalue weighted by atomic mass is 9.97. The standard InChI is InChI=1S/C24H40N6O2.HI/c1-26-24(27-12-6-14-29-13-5-7-20(18-29)23(25)31)28-17-22(30-15-3-4-16-30)19-8-10-21(32-2)11-9-19;/h8-11,20,22H,3-7,12-18H2,1-2H3,(H2,25,31)(H2,26,27,28);1H. The third-order valence-electron chi connectivity index (χ3n) is 6.62. The number of ether oxygens (including phenoxy) is 1. The summed E-state index contributed by atoms with van der Waals surface area (Å²) in [6, 6.07) is 8.71. The SMILES string of the molecule is CN=C(NCCCN1CCCC(C(N)=O)C1)NCC(c1ccc(OC)cc1)N1CCCC1.I. The van der Waals surface area contributed by atoms with E-state index in [0.717, 1.165) is 76.8 Å². The smallest absolute Gasteiger partial charge is 0.221 e. The third kappa shape index (κ3) is 8.60. The van der Waals surface area contributed by atoms with Crippen molar-refractivity contribution in [3.63, 3.8) is 0 Å². The van der Waals surface area contributed by atoms with Gasteiger partial charge in [-0.3, -0.25) is 14.7 Å². The molecule has 1 amide bonds. The highest BCUT2D eigenvalue weighted by Crippen LogP contribution is 2.26. The molecule has 1 aromatic carbocycles. The summed E-state index contributed by atoms with van der Waals surface area (Å²) >= 11 is 0. The van der Waals surface area contributed by atoms with Crippen molar-refractivity contribution in [2.75, 3.05) is 60.0 Å². The van der Waals surface area contributed by atoms with Crippen molar-refractivity contribution in [3.8, 4) is 5.75 Å². The molecule has 0 saturated carbocycles. The Morgan fingerprint density at radius 1 is 1.18 bits per heavy atom. The van der Waals surface area contributed by atoms with Crippen LogP contribution in [0.4, 0.5) is 0 Å². The number of halogens is 1. The summed E-state index contributed by atoms with van der Waals surface area (Å²) in [4.78, 5) is 20.8. The van der Waals surface area contributed by atoms with Crippen molar-refractivity contribution >= 4 is 35.8 Å². The van der Waals surface area contributed by atoms with Gasteiger partial charge in [-0.05, 0) is 76.0 Å². The van der Waals surface area contributed by atoms with Gasteiger partial charge in [-0.25, -0.2) is 0 Å². The van der Waals surface area contributed by atoms with E-state index in [1.54, 1.807) is 7.11 Å². The van der Waals surface area contributed by atoms with Crippen molar-refractivity contribution in [3.05, 3.63) is 29.8 Å². The van der Waals surface area contributed by atoms with Gasteiger partial charge < -0.3 is 26.0 Å². The number of hydrogen-bond acceptors (Lipinski definition) is 5. The number of nitrogens with two attached hydrogens (primary N) is 1. The second-order valence-electron chi connectivity index (χ2n) is 8.81. The predicted octanol–water partition coefficient (Wildman–Crippen LogP) is 2.20. The van der Waals surface area contributed by atoms with E-state index in [1.165, 1.54) is 18.4 Å². The number of guanidine groups is 1. The van der Waals surface area contributed by atoms with Crippen LogP contribution < -0.4 is 21.1 Å². The minimum absolute atomic E-state index is 0. The molecule has 3 rings (SSSR count). The molecule has 2 heterocycles. The molecule has 1 aromatic rings. The molecule has 0 radical (unpaired) electrons. The Kier molecular flexibility index (Phi) is 12.3. The molecule has 33 heavy (non-hydrogen) atoms. The van der Waals surface area contributed by atoms with Gasteiger partial charge in [0.25, 0.3) is 0 Å². The molecule has 8 nitrogen and oxygen atoms in total. The van der Waals surface area contributed by atoms with E-state index in [2.05, 4.69) is 37.6 Å². The van der Waals surface area contributed by atoms with Gasteiger partial charge in [-0.2, -0.15) is 0 Å². The number of amides is 1. The van der Waals surface area contributed by atoms with Crippen LogP contribution in [0.1, 0.15) is 43.7 Å². The lowest BCUT2D eigenvalue weighted by Crippen LogP contribution is -2.44. The number of likely N-dealkylation sites (tertiary alicyclic amines) is 2.